The van der Waals surface area contributed by atoms with E-state index in [9.17, 15) is 14.4 Å². The number of alkyl carbamates (subject to hydrolysis) is 1. The summed E-state index contributed by atoms with van der Waals surface area (Å²) in [5, 5.41) is 18.4. The third-order valence-corrected chi connectivity index (χ3v) is 9.58. The number of ether oxygens (including phenoxy) is 1. The maximum atomic E-state index is 13.9. The van der Waals surface area contributed by atoms with E-state index in [0.29, 0.717) is 17.4 Å². The molecule has 1 unspecified atom stereocenters. The lowest BCUT2D eigenvalue weighted by molar-refractivity contribution is -0.205. The Kier molecular flexibility index (Phi) is 8.88. The van der Waals surface area contributed by atoms with Crippen LogP contribution in [0.25, 0.3) is 10.9 Å². The van der Waals surface area contributed by atoms with Gasteiger partial charge >= 0.3 is 6.09 Å². The predicted octanol–water partition coefficient (Wildman–Crippen LogP) is 5.34. The van der Waals surface area contributed by atoms with Gasteiger partial charge in [0.05, 0.1) is 0 Å². The van der Waals surface area contributed by atoms with Crippen molar-refractivity contribution < 1.29 is 29.3 Å². The Balaban J connectivity index is 1.19. The zero-order valence-corrected chi connectivity index (χ0v) is 24.7. The minimum Gasteiger partial charge on any atom is -0.446 e. The van der Waals surface area contributed by atoms with Crippen molar-refractivity contribution in [2.75, 3.05) is 0 Å². The van der Waals surface area contributed by atoms with Gasteiger partial charge in [-0.05, 0) is 73.0 Å². The molecular formula is C34H40N4O6. The van der Waals surface area contributed by atoms with E-state index in [2.05, 4.69) is 32.4 Å². The van der Waals surface area contributed by atoms with Gasteiger partial charge in [-0.3, -0.25) is 9.59 Å². The molecular weight excluding hydrogens is 560 g/mol. The van der Waals surface area contributed by atoms with Gasteiger partial charge in [0, 0.05) is 36.4 Å². The fourth-order valence-corrected chi connectivity index (χ4v) is 7.72. The molecule has 4 aliphatic rings. The molecule has 10 heteroatoms. The third-order valence-electron chi connectivity index (χ3n) is 9.58. The van der Waals surface area contributed by atoms with Gasteiger partial charge in [0.25, 0.3) is 0 Å². The van der Waals surface area contributed by atoms with Gasteiger partial charge in [0.2, 0.25) is 11.8 Å². The van der Waals surface area contributed by atoms with Gasteiger partial charge in [-0.25, -0.2) is 10.1 Å². The summed E-state index contributed by atoms with van der Waals surface area (Å²) in [6.07, 6.45) is 6.35. The molecule has 10 nitrogen and oxygen atoms in total. The number of fused-ring (bicyclic) bond motifs is 1. The highest BCUT2D eigenvalue weighted by molar-refractivity contribution is 5.89. The Hall–Kier alpha value is -4.31. The normalized spacial score (nSPS) is 24.7. The van der Waals surface area contributed by atoms with Crippen LogP contribution in [0.1, 0.15) is 62.2 Å². The first-order valence-electron chi connectivity index (χ1n) is 15.5. The summed E-state index contributed by atoms with van der Waals surface area (Å²) in [5.74, 6) is 1.50. The van der Waals surface area contributed by atoms with Crippen molar-refractivity contribution in [1.29, 1.82) is 0 Å². The summed E-state index contributed by atoms with van der Waals surface area (Å²) in [5.41, 5.74) is 2.47. The lowest BCUT2D eigenvalue weighted by atomic mass is 9.55. The van der Waals surface area contributed by atoms with E-state index in [4.69, 9.17) is 9.99 Å². The molecule has 3 amide bonds. The summed E-state index contributed by atoms with van der Waals surface area (Å²) >= 11 is 0. The maximum Gasteiger partial charge on any atom is 0.408 e. The van der Waals surface area contributed by atoms with Crippen LogP contribution in [0.5, 0.6) is 0 Å². The van der Waals surface area contributed by atoms with E-state index >= 15 is 0 Å². The minimum absolute atomic E-state index is 0.00657. The average molecular weight is 601 g/mol. The first kappa shape index (κ1) is 29.7. The fraction of sp³-hybridized carbons (Fsp3) is 0.441. The average Bonchev–Trinajstić information content (AvgIpc) is 3.43. The molecule has 44 heavy (non-hydrogen) atoms. The lowest BCUT2D eigenvalue weighted by Crippen LogP contribution is -2.54. The molecule has 1 heterocycles. The number of allylic oxidation sites excluding steroid dienone is 1. The van der Waals surface area contributed by atoms with E-state index in [1.165, 1.54) is 6.42 Å². The van der Waals surface area contributed by atoms with Crippen LogP contribution in [0, 0.1) is 23.7 Å². The van der Waals surface area contributed by atoms with Crippen LogP contribution < -0.4 is 16.0 Å². The van der Waals surface area contributed by atoms with Gasteiger partial charge in [0.1, 0.15) is 24.1 Å². The molecule has 5 N–H and O–H groups in total. The van der Waals surface area contributed by atoms with E-state index in [0.717, 1.165) is 54.0 Å². The highest BCUT2D eigenvalue weighted by atomic mass is 17.1. The van der Waals surface area contributed by atoms with Crippen LogP contribution in [0.15, 0.2) is 73.1 Å². The van der Waals surface area contributed by atoms with Gasteiger partial charge in [-0.2, -0.15) is 0 Å². The summed E-state index contributed by atoms with van der Waals surface area (Å²) in [4.78, 5) is 47.5. The van der Waals surface area contributed by atoms with Crippen LogP contribution in [0.3, 0.4) is 0 Å². The minimum atomic E-state index is -0.968. The predicted molar refractivity (Wildman–Crippen MR) is 164 cm³/mol. The topological polar surface area (TPSA) is 142 Å². The van der Waals surface area contributed by atoms with E-state index < -0.39 is 24.2 Å². The number of aromatic nitrogens is 1. The van der Waals surface area contributed by atoms with Crippen LogP contribution in [-0.4, -0.2) is 40.3 Å². The van der Waals surface area contributed by atoms with Crippen LogP contribution >= 0.6 is 0 Å². The van der Waals surface area contributed by atoms with E-state index in [-0.39, 0.29) is 37.0 Å². The summed E-state index contributed by atoms with van der Waals surface area (Å²) in [6.45, 7) is 3.53. The molecule has 2 aromatic carbocycles. The van der Waals surface area contributed by atoms with Gasteiger partial charge in [-0.15, -0.1) is 0 Å². The second kappa shape index (κ2) is 13.1. The van der Waals surface area contributed by atoms with Crippen molar-refractivity contribution in [3.63, 3.8) is 0 Å². The molecule has 4 fully saturated rings. The van der Waals surface area contributed by atoms with E-state index in [1.807, 2.05) is 48.7 Å². The number of amides is 3. The van der Waals surface area contributed by atoms with Crippen molar-refractivity contribution in [2.45, 2.75) is 69.7 Å². The van der Waals surface area contributed by atoms with Crippen molar-refractivity contribution in [3.8, 4) is 0 Å². The number of para-hydroxylation sites is 1. The molecule has 1 aromatic heterocycles. The van der Waals surface area contributed by atoms with Crippen LogP contribution in [0.2, 0.25) is 0 Å². The van der Waals surface area contributed by atoms with Crippen LogP contribution in [0.4, 0.5) is 4.79 Å². The Labute approximate surface area is 256 Å². The highest BCUT2D eigenvalue weighted by Gasteiger charge is 2.50. The Bertz CT molecular complexity index is 1480. The van der Waals surface area contributed by atoms with Crippen molar-refractivity contribution in [1.82, 2.24) is 20.9 Å². The molecule has 2 atom stereocenters. The Morgan fingerprint density at radius 1 is 0.886 bits per heavy atom. The van der Waals surface area contributed by atoms with Gasteiger partial charge in [0.15, 0.2) is 0 Å². The molecule has 3 aromatic rings. The Morgan fingerprint density at radius 3 is 2.27 bits per heavy atom. The molecule has 0 aliphatic heterocycles. The summed E-state index contributed by atoms with van der Waals surface area (Å²) in [6, 6.07) is 15.9. The number of aromatic amines is 1. The SMILES string of the molecule is C=C(CCC(=O)NC(NC(=O)[C@@H](Cc1c[nH]c2ccccc12)NC(=O)OC1C2CC3CC(C2)CC1C3)c1ccccc1)OO. The van der Waals surface area contributed by atoms with Crippen molar-refractivity contribution >= 4 is 28.8 Å². The number of hydrogen-bond donors (Lipinski definition) is 5. The molecule has 4 saturated carbocycles. The first-order chi connectivity index (χ1) is 21.4. The summed E-state index contributed by atoms with van der Waals surface area (Å²) in [7, 11) is 0. The fourth-order valence-electron chi connectivity index (χ4n) is 7.72. The number of carbonyl (C=O) groups excluding carboxylic acids is 3. The standard InChI is InChI=1S/C34H40N4O6/c1-20(44-42)11-12-30(39)37-32(23-7-3-2-4-8-23)38-33(40)29(18-26-19-35-28-10-6-5-9-27(26)28)36-34(41)43-31-24-14-21-13-22(16-24)17-25(31)15-21/h2-10,19,21-22,24-25,29,31-32,35,42H,1,11-18H2,(H,36,41)(H,37,39)(H,38,40)/t21?,22?,24?,25?,29-,31?,32?/m1/s1. The molecule has 7 rings (SSSR count). The smallest absolute Gasteiger partial charge is 0.408 e. The molecule has 0 spiro atoms. The number of H-pyrrole nitrogens is 1. The monoisotopic (exact) mass is 600 g/mol. The van der Waals surface area contributed by atoms with Crippen LogP contribution in [-0.2, 0) is 25.6 Å². The number of rotatable bonds is 12. The largest absolute Gasteiger partial charge is 0.446 e. The first-order valence-corrected chi connectivity index (χ1v) is 15.5. The van der Waals surface area contributed by atoms with Gasteiger partial charge in [-0.1, -0.05) is 55.1 Å². The lowest BCUT2D eigenvalue weighted by Gasteiger charge is -2.53. The molecule has 4 aliphatic carbocycles. The third kappa shape index (κ3) is 6.75. The molecule has 0 radical (unpaired) electrons. The quantitative estimate of drug-likeness (QED) is 0.0822. The second-order valence-electron chi connectivity index (χ2n) is 12.6. The zero-order chi connectivity index (χ0) is 30.6. The molecule has 4 bridgehead atoms. The molecule has 232 valence electrons. The van der Waals surface area contributed by atoms with Crippen molar-refractivity contribution in [3.05, 3.63) is 84.3 Å². The zero-order valence-electron chi connectivity index (χ0n) is 24.7. The maximum absolute atomic E-state index is 13.9. The van der Waals surface area contributed by atoms with Crippen molar-refractivity contribution in [2.24, 2.45) is 23.7 Å². The second-order valence-corrected chi connectivity index (χ2v) is 12.6. The summed E-state index contributed by atoms with van der Waals surface area (Å²) < 4.78 is 6.09. The number of nitrogens with one attached hydrogen (secondary N) is 4. The number of hydrogen-bond acceptors (Lipinski definition) is 6. The molecule has 0 saturated heterocycles. The van der Waals surface area contributed by atoms with Gasteiger partial charge < -0.3 is 30.6 Å². The van der Waals surface area contributed by atoms with E-state index in [1.54, 1.807) is 12.1 Å². The Morgan fingerprint density at radius 2 is 1.57 bits per heavy atom. The number of carbonyl (C=O) groups is 3. The highest BCUT2D eigenvalue weighted by Crippen LogP contribution is 2.54. The number of benzene rings is 2.